The van der Waals surface area contributed by atoms with Crippen molar-refractivity contribution in [2.24, 2.45) is 29.1 Å². The molecule has 1 saturated carbocycles. The van der Waals surface area contributed by atoms with Crippen LogP contribution in [0.3, 0.4) is 0 Å². The number of phenolic OH excluding ortho intramolecular Hbond substituents is 1. The normalized spacial score (nSPS) is 29.1. The van der Waals surface area contributed by atoms with E-state index < -0.39 is 52.6 Å². The smallest absolute Gasteiger partial charge is 0.241 e. The van der Waals surface area contributed by atoms with Gasteiger partial charge >= 0.3 is 0 Å². The van der Waals surface area contributed by atoms with Crippen LogP contribution in [0.4, 0.5) is 15.8 Å². The first-order valence-corrected chi connectivity index (χ1v) is 16.1. The summed E-state index contributed by atoms with van der Waals surface area (Å²) in [5.41, 5.74) is 1.58. The van der Waals surface area contributed by atoms with Gasteiger partial charge in [0.15, 0.2) is 0 Å². The Balaban J connectivity index is 1.36. The van der Waals surface area contributed by atoms with E-state index in [1.807, 2.05) is 25.1 Å². The lowest BCUT2D eigenvalue weighted by Gasteiger charge is -2.49. The maximum atomic E-state index is 14.5. The topological polar surface area (TPSA) is 95.0 Å². The summed E-state index contributed by atoms with van der Waals surface area (Å²) in [6, 6.07) is 16.0. The maximum absolute atomic E-state index is 14.5. The molecule has 6 atom stereocenters. The fraction of sp³-hybridized carbons (Fsp3) is 0.314. The van der Waals surface area contributed by atoms with Gasteiger partial charge in [0.1, 0.15) is 11.6 Å². The highest BCUT2D eigenvalue weighted by Crippen LogP contribution is 2.64. The van der Waals surface area contributed by atoms with Gasteiger partial charge in [-0.2, -0.15) is 0 Å². The van der Waals surface area contributed by atoms with Gasteiger partial charge in [-0.05, 0) is 86.2 Å². The number of rotatable bonds is 4. The van der Waals surface area contributed by atoms with E-state index in [2.05, 4.69) is 15.9 Å². The number of hydrogen-bond acceptors (Lipinski definition) is 5. The fourth-order valence-corrected chi connectivity index (χ4v) is 8.67. The molecule has 45 heavy (non-hydrogen) atoms. The summed E-state index contributed by atoms with van der Waals surface area (Å²) in [6.45, 7) is 3.75. The van der Waals surface area contributed by atoms with Crippen molar-refractivity contribution in [3.05, 3.63) is 98.8 Å². The average molecular weight is 692 g/mol. The minimum atomic E-state index is -1.35. The Morgan fingerprint density at radius 1 is 0.933 bits per heavy atom. The van der Waals surface area contributed by atoms with Crippen molar-refractivity contribution >= 4 is 62.5 Å². The zero-order chi connectivity index (χ0) is 31.9. The zero-order valence-electron chi connectivity index (χ0n) is 24.5. The van der Waals surface area contributed by atoms with E-state index in [1.165, 1.54) is 23.1 Å². The number of aryl methyl sites for hydroxylation is 1. The number of imide groups is 2. The van der Waals surface area contributed by atoms with Crippen LogP contribution in [0.1, 0.15) is 43.7 Å². The Kier molecular flexibility index (Phi) is 7.05. The summed E-state index contributed by atoms with van der Waals surface area (Å²) in [4.78, 5) is 59.0. The van der Waals surface area contributed by atoms with Crippen molar-refractivity contribution in [3.8, 4) is 5.75 Å². The molecule has 0 bridgehead atoms. The van der Waals surface area contributed by atoms with Crippen LogP contribution in [0.15, 0.2) is 76.8 Å². The SMILES string of the molecule is CCc1ccc(N2C(=O)[C@H]3[C@H](CC=C4[C@H]3C[C@H]3C(=O)N(c5ccc(F)c(Cl)c5)C(=O)[C@@]3(C)[C@H]4c3cc(Br)ccc3O)C2=O)cc1. The number of aromatic hydroxyl groups is 1. The molecular weight excluding hydrogens is 663 g/mol. The lowest BCUT2D eigenvalue weighted by atomic mass is 9.51. The molecule has 1 N–H and O–H groups in total. The molecule has 3 fully saturated rings. The van der Waals surface area contributed by atoms with Gasteiger partial charge in [0.2, 0.25) is 23.6 Å². The van der Waals surface area contributed by atoms with E-state index >= 15 is 0 Å². The highest BCUT2D eigenvalue weighted by Gasteiger charge is 2.68. The minimum absolute atomic E-state index is 0.0539. The monoisotopic (exact) mass is 690 g/mol. The van der Waals surface area contributed by atoms with Gasteiger partial charge in [0.05, 0.1) is 39.6 Å². The summed E-state index contributed by atoms with van der Waals surface area (Å²) in [6.07, 6.45) is 3.20. The molecule has 0 aromatic heterocycles. The molecule has 0 spiro atoms. The zero-order valence-corrected chi connectivity index (χ0v) is 26.8. The predicted octanol–water partition coefficient (Wildman–Crippen LogP) is 6.94. The van der Waals surface area contributed by atoms with Crippen LogP contribution in [0.25, 0.3) is 0 Å². The number of benzene rings is 3. The highest BCUT2D eigenvalue weighted by atomic mass is 79.9. The molecule has 7 nitrogen and oxygen atoms in total. The predicted molar refractivity (Wildman–Crippen MR) is 170 cm³/mol. The van der Waals surface area contributed by atoms with E-state index in [4.69, 9.17) is 11.6 Å². The Morgan fingerprint density at radius 2 is 1.64 bits per heavy atom. The summed E-state index contributed by atoms with van der Waals surface area (Å²) >= 11 is 9.55. The fourth-order valence-electron chi connectivity index (χ4n) is 8.12. The molecule has 3 aromatic rings. The lowest BCUT2D eigenvalue weighted by Crippen LogP contribution is -2.48. The van der Waals surface area contributed by atoms with Crippen LogP contribution in [0, 0.1) is 34.9 Å². The Bertz CT molecular complexity index is 1840. The van der Waals surface area contributed by atoms with Crippen LogP contribution >= 0.6 is 27.5 Å². The van der Waals surface area contributed by atoms with E-state index in [0.717, 1.165) is 28.5 Å². The second kappa shape index (κ2) is 10.6. The first-order chi connectivity index (χ1) is 21.5. The number of carbonyl (C=O) groups excluding carboxylic acids is 4. The van der Waals surface area contributed by atoms with Gasteiger partial charge in [0, 0.05) is 16.0 Å². The van der Waals surface area contributed by atoms with Crippen LogP contribution < -0.4 is 9.80 Å². The Hall–Kier alpha value is -3.82. The summed E-state index contributed by atoms with van der Waals surface area (Å²) in [7, 11) is 0. The molecule has 10 heteroatoms. The molecule has 2 saturated heterocycles. The van der Waals surface area contributed by atoms with Crippen LogP contribution in [-0.2, 0) is 25.6 Å². The van der Waals surface area contributed by atoms with Crippen LogP contribution in [0.2, 0.25) is 5.02 Å². The standard InChI is InChI=1S/C35H29BrClFN2O5/c1-3-17-4-7-19(8-5-17)39-31(42)22-11-10-21-23(29(22)33(39)44)16-25-32(43)40(20-9-12-27(38)26(37)15-20)34(45)35(25,2)30(21)24-14-18(36)6-13-28(24)41/h4-10,12-15,22-23,25,29-30,41H,3,11,16H2,1-2H3/t22-,23+,25-,29-,30+,35+/m0/s1. The third kappa shape index (κ3) is 4.27. The number of phenols is 1. The maximum Gasteiger partial charge on any atom is 0.241 e. The van der Waals surface area contributed by atoms with Gasteiger partial charge in [-0.15, -0.1) is 0 Å². The third-order valence-electron chi connectivity index (χ3n) is 10.3. The first-order valence-electron chi connectivity index (χ1n) is 15.0. The van der Waals surface area contributed by atoms with Crippen molar-refractivity contribution in [2.75, 3.05) is 9.80 Å². The number of allylic oxidation sites excluding steroid dienone is 2. The van der Waals surface area contributed by atoms with E-state index in [1.54, 1.807) is 31.2 Å². The van der Waals surface area contributed by atoms with Gasteiger partial charge in [-0.3, -0.25) is 24.1 Å². The quantitative estimate of drug-likeness (QED) is 0.236. The van der Waals surface area contributed by atoms with Crippen molar-refractivity contribution in [1.82, 2.24) is 0 Å². The van der Waals surface area contributed by atoms with Crippen LogP contribution in [-0.4, -0.2) is 28.7 Å². The van der Waals surface area contributed by atoms with Gasteiger partial charge in [-0.25, -0.2) is 9.29 Å². The summed E-state index contributed by atoms with van der Waals surface area (Å²) < 4.78 is 14.7. The molecule has 0 unspecified atom stereocenters. The van der Waals surface area contributed by atoms with E-state index in [-0.39, 0.29) is 41.1 Å². The average Bonchev–Trinajstić information content (AvgIpc) is 3.39. The van der Waals surface area contributed by atoms with Crippen molar-refractivity contribution < 1.29 is 28.7 Å². The highest BCUT2D eigenvalue weighted by molar-refractivity contribution is 9.10. The molecule has 0 radical (unpaired) electrons. The largest absolute Gasteiger partial charge is 0.508 e. The molecule has 230 valence electrons. The van der Waals surface area contributed by atoms with Crippen LogP contribution in [0.5, 0.6) is 5.75 Å². The second-order valence-electron chi connectivity index (χ2n) is 12.5. The van der Waals surface area contributed by atoms with Crippen molar-refractivity contribution in [2.45, 2.75) is 39.0 Å². The molecule has 7 rings (SSSR count). The number of halogens is 3. The molecule has 2 aliphatic carbocycles. The summed E-state index contributed by atoms with van der Waals surface area (Å²) in [5.74, 6) is -5.89. The minimum Gasteiger partial charge on any atom is -0.508 e. The van der Waals surface area contributed by atoms with Gasteiger partial charge < -0.3 is 5.11 Å². The lowest BCUT2D eigenvalue weighted by molar-refractivity contribution is -0.131. The Labute approximate surface area is 272 Å². The van der Waals surface area contributed by atoms with Gasteiger partial charge in [0.25, 0.3) is 0 Å². The summed E-state index contributed by atoms with van der Waals surface area (Å²) in [5, 5.41) is 11.0. The molecule has 2 aliphatic heterocycles. The first kappa shape index (κ1) is 29.9. The number of nitrogens with zero attached hydrogens (tertiary/aromatic N) is 2. The van der Waals surface area contributed by atoms with E-state index in [0.29, 0.717) is 15.7 Å². The number of anilines is 2. The Morgan fingerprint density at radius 3 is 2.33 bits per heavy atom. The molecular formula is C35H29BrClFN2O5. The third-order valence-corrected chi connectivity index (χ3v) is 11.1. The molecule has 3 aromatic carbocycles. The number of amides is 4. The van der Waals surface area contributed by atoms with Crippen molar-refractivity contribution in [3.63, 3.8) is 0 Å². The van der Waals surface area contributed by atoms with E-state index in [9.17, 15) is 28.7 Å². The van der Waals surface area contributed by atoms with Gasteiger partial charge in [-0.1, -0.05) is 58.2 Å². The second-order valence-corrected chi connectivity index (χ2v) is 13.8. The number of carbonyl (C=O) groups is 4. The molecule has 2 heterocycles. The molecule has 4 aliphatic rings. The number of hydrogen-bond donors (Lipinski definition) is 1. The molecule has 4 amide bonds. The van der Waals surface area contributed by atoms with Crippen molar-refractivity contribution in [1.29, 1.82) is 0 Å². The number of fused-ring (bicyclic) bond motifs is 4.